The van der Waals surface area contributed by atoms with Gasteiger partial charge in [0, 0.05) is 0 Å². The van der Waals surface area contributed by atoms with Crippen molar-refractivity contribution in [3.63, 3.8) is 0 Å². The molecule has 0 unspecified atom stereocenters. The highest BCUT2D eigenvalue weighted by Gasteiger charge is 2.60. The van der Waals surface area contributed by atoms with Gasteiger partial charge in [0.25, 0.3) is 0 Å². The average Bonchev–Trinajstić information content (AvgIpc) is 2.53. The molecule has 0 atom stereocenters. The average molecular weight is 334 g/mol. The van der Waals surface area contributed by atoms with Crippen LogP contribution >= 0.6 is 22.4 Å². The number of hydrogen-bond donors (Lipinski definition) is 0. The monoisotopic (exact) mass is 334 g/mol. The van der Waals surface area contributed by atoms with Gasteiger partial charge >= 0.3 is 4.97 Å². The first-order chi connectivity index (χ1) is 7.77. The minimum atomic E-state index is -0.00574. The lowest BCUT2D eigenvalue weighted by Gasteiger charge is -2.48. The van der Waals surface area contributed by atoms with E-state index < -0.39 is 0 Å². The molecule has 1 aliphatic heterocycles. The zero-order valence-corrected chi connectivity index (χ0v) is 12.0. The maximum absolute atomic E-state index is 6.25. The maximum Gasteiger partial charge on any atom is 0.533 e. The Morgan fingerprint density at radius 2 is 1.06 bits per heavy atom. The van der Waals surface area contributed by atoms with E-state index in [1.165, 1.54) is 64.2 Å². The van der Waals surface area contributed by atoms with Crippen molar-refractivity contribution < 1.29 is 9.31 Å². The molecule has 2 spiro atoms. The third-order valence-electron chi connectivity index (χ3n) is 4.79. The van der Waals surface area contributed by atoms with Crippen molar-refractivity contribution in [3.05, 3.63) is 0 Å². The second-order valence-corrected chi connectivity index (χ2v) is 6.64. The van der Waals surface area contributed by atoms with Crippen molar-refractivity contribution in [1.29, 1.82) is 0 Å². The topological polar surface area (TPSA) is 18.5 Å². The molecule has 3 rings (SSSR count). The molecule has 4 heteroatoms. The van der Waals surface area contributed by atoms with Crippen molar-refractivity contribution in [2.45, 2.75) is 75.4 Å². The predicted octanol–water partition coefficient (Wildman–Crippen LogP) is 3.86. The van der Waals surface area contributed by atoms with Crippen LogP contribution in [0.3, 0.4) is 0 Å². The Morgan fingerprint density at radius 1 is 0.688 bits per heavy atom. The van der Waals surface area contributed by atoms with E-state index in [4.69, 9.17) is 9.31 Å². The zero-order valence-electron chi connectivity index (χ0n) is 9.84. The first kappa shape index (κ1) is 11.8. The van der Waals surface area contributed by atoms with Gasteiger partial charge in [-0.2, -0.15) is 0 Å². The predicted molar refractivity (Wildman–Crippen MR) is 73.6 cm³/mol. The van der Waals surface area contributed by atoms with Crippen LogP contribution in [0.4, 0.5) is 0 Å². The van der Waals surface area contributed by atoms with Gasteiger partial charge in [0.05, 0.1) is 11.2 Å². The van der Waals surface area contributed by atoms with Gasteiger partial charge in [-0.05, 0) is 25.7 Å². The van der Waals surface area contributed by atoms with Crippen LogP contribution in [0.2, 0.25) is 0 Å². The Balaban J connectivity index is 1.88. The Labute approximate surface area is 112 Å². The summed E-state index contributed by atoms with van der Waals surface area (Å²) < 4.78 is 12.5. The van der Waals surface area contributed by atoms with Gasteiger partial charge in [-0.3, -0.25) is 0 Å². The molecule has 0 aromatic carbocycles. The quantitative estimate of drug-likeness (QED) is 0.495. The van der Waals surface area contributed by atoms with E-state index >= 15 is 0 Å². The third-order valence-corrected chi connectivity index (χ3v) is 5.30. The molecule has 0 radical (unpaired) electrons. The maximum atomic E-state index is 6.25. The summed E-state index contributed by atoms with van der Waals surface area (Å²) in [5.41, 5.74) is 0.162. The molecular weight excluding hydrogens is 314 g/mol. The van der Waals surface area contributed by atoms with E-state index in [-0.39, 0.29) is 16.2 Å². The normalized spacial score (nSPS) is 32.4. The molecule has 1 saturated heterocycles. The molecule has 16 heavy (non-hydrogen) atoms. The first-order valence-electron chi connectivity index (χ1n) is 6.76. The van der Waals surface area contributed by atoms with Crippen molar-refractivity contribution in [2.24, 2.45) is 0 Å². The molecule has 2 nitrogen and oxygen atoms in total. The molecule has 1 heterocycles. The summed E-state index contributed by atoms with van der Waals surface area (Å²) in [5, 5.41) is 0. The van der Waals surface area contributed by atoms with Crippen molar-refractivity contribution in [2.75, 3.05) is 0 Å². The molecule has 0 aromatic heterocycles. The summed E-state index contributed by atoms with van der Waals surface area (Å²) in [7, 11) is 0. The summed E-state index contributed by atoms with van der Waals surface area (Å²) in [6.45, 7) is 0. The third kappa shape index (κ3) is 1.75. The highest BCUT2D eigenvalue weighted by Crippen LogP contribution is 2.54. The Morgan fingerprint density at radius 3 is 1.44 bits per heavy atom. The fourth-order valence-electron chi connectivity index (χ4n) is 3.99. The number of rotatable bonds is 0. The van der Waals surface area contributed by atoms with Gasteiger partial charge in [0.15, 0.2) is 0 Å². The van der Waals surface area contributed by atoms with E-state index in [1.807, 2.05) is 0 Å². The zero-order chi connectivity index (χ0) is 11.1. The van der Waals surface area contributed by atoms with Crippen LogP contribution in [0.1, 0.15) is 64.2 Å². The molecule has 0 aromatic rings. The van der Waals surface area contributed by atoms with Gasteiger partial charge < -0.3 is 9.31 Å². The minimum absolute atomic E-state index is 0.00574. The SMILES string of the molecule is IB1OC2(CCCCC2)C2(CCCCC2)O1. The molecule has 3 fully saturated rings. The van der Waals surface area contributed by atoms with Crippen LogP contribution in [-0.2, 0) is 9.31 Å². The highest BCUT2D eigenvalue weighted by molar-refractivity contribution is 14.1. The van der Waals surface area contributed by atoms with E-state index in [9.17, 15) is 0 Å². The van der Waals surface area contributed by atoms with Crippen LogP contribution < -0.4 is 0 Å². The van der Waals surface area contributed by atoms with E-state index in [0.29, 0.717) is 0 Å². The van der Waals surface area contributed by atoms with Gasteiger partial charge in [-0.25, -0.2) is 0 Å². The van der Waals surface area contributed by atoms with Crippen molar-refractivity contribution in [1.82, 2.24) is 0 Å². The van der Waals surface area contributed by atoms with Crippen molar-refractivity contribution in [3.8, 4) is 0 Å². The van der Waals surface area contributed by atoms with E-state index in [1.54, 1.807) is 0 Å². The molecule has 0 bridgehead atoms. The van der Waals surface area contributed by atoms with Gasteiger partial charge in [-0.1, -0.05) is 60.9 Å². The van der Waals surface area contributed by atoms with Gasteiger partial charge in [-0.15, -0.1) is 0 Å². The van der Waals surface area contributed by atoms with Crippen LogP contribution in [0.5, 0.6) is 0 Å². The van der Waals surface area contributed by atoms with Crippen molar-refractivity contribution >= 4 is 27.3 Å². The number of fused-ring (bicyclic) bond motifs is 1. The summed E-state index contributed by atoms with van der Waals surface area (Å²) >= 11 is 2.31. The Bertz CT molecular complexity index is 234. The minimum Gasteiger partial charge on any atom is -0.394 e. The second kappa shape index (κ2) is 4.43. The summed E-state index contributed by atoms with van der Waals surface area (Å²) in [6.07, 6.45) is 13.0. The molecule has 2 aliphatic carbocycles. The molecular formula is C12H20BIO2. The lowest BCUT2D eigenvalue weighted by Crippen LogP contribution is -2.53. The fourth-order valence-corrected chi connectivity index (χ4v) is 4.96. The van der Waals surface area contributed by atoms with Crippen LogP contribution in [0.15, 0.2) is 0 Å². The largest absolute Gasteiger partial charge is 0.533 e. The lowest BCUT2D eigenvalue weighted by molar-refractivity contribution is -0.0923. The Hall–Kier alpha value is 0.715. The Kier molecular flexibility index (Phi) is 3.26. The van der Waals surface area contributed by atoms with Gasteiger partial charge in [0.2, 0.25) is 0 Å². The number of hydrogen-bond acceptors (Lipinski definition) is 2. The standard InChI is InChI=1S/C12H20BIO2/c14-13-15-11(7-3-1-4-8-11)12(16-13)9-5-2-6-10-12/h1-10H2. The number of halogens is 1. The highest BCUT2D eigenvalue weighted by atomic mass is 127. The summed E-state index contributed by atoms with van der Waals surface area (Å²) in [4.78, 5) is -0.00574. The van der Waals surface area contributed by atoms with Gasteiger partial charge in [0.1, 0.15) is 0 Å². The molecule has 3 aliphatic rings. The molecule has 2 saturated carbocycles. The lowest BCUT2D eigenvalue weighted by atomic mass is 9.66. The summed E-state index contributed by atoms with van der Waals surface area (Å²) in [6, 6.07) is 0. The van der Waals surface area contributed by atoms with Crippen LogP contribution in [0, 0.1) is 0 Å². The van der Waals surface area contributed by atoms with Crippen LogP contribution in [0.25, 0.3) is 0 Å². The molecule has 90 valence electrons. The summed E-state index contributed by atoms with van der Waals surface area (Å²) in [5.74, 6) is 0. The molecule has 0 amide bonds. The van der Waals surface area contributed by atoms with E-state index in [2.05, 4.69) is 22.4 Å². The first-order valence-corrected chi connectivity index (χ1v) is 8.01. The van der Waals surface area contributed by atoms with Crippen LogP contribution in [-0.4, -0.2) is 16.2 Å². The fraction of sp³-hybridized carbons (Fsp3) is 1.00. The second-order valence-electron chi connectivity index (χ2n) is 5.62. The molecule has 0 N–H and O–H groups in total. The smallest absolute Gasteiger partial charge is 0.394 e. The van der Waals surface area contributed by atoms with E-state index in [0.717, 1.165) is 0 Å².